The maximum Gasteiger partial charge on any atom is 0.136 e. The fourth-order valence-electron chi connectivity index (χ4n) is 0.781. The molecule has 0 atom stereocenters. The van der Waals surface area contributed by atoms with Gasteiger partial charge in [-0.2, -0.15) is 0 Å². The van der Waals surface area contributed by atoms with Crippen molar-refractivity contribution in [3.8, 4) is 0 Å². The van der Waals surface area contributed by atoms with Gasteiger partial charge in [0.05, 0.1) is 6.21 Å². The lowest BCUT2D eigenvalue weighted by Crippen LogP contribution is -1.84. The van der Waals surface area contributed by atoms with E-state index < -0.39 is 0 Å². The minimum Gasteiger partial charge on any atom is -0.392 e. The van der Waals surface area contributed by atoms with E-state index in [2.05, 4.69) is 17.8 Å². The van der Waals surface area contributed by atoms with Crippen LogP contribution in [-0.2, 0) is 4.84 Å². The Morgan fingerprint density at radius 3 is 2.71 bits per heavy atom. The summed E-state index contributed by atoms with van der Waals surface area (Å²) in [4.78, 5) is 5.81. The number of benzene rings is 1. The van der Waals surface area contributed by atoms with Gasteiger partial charge in [0, 0.05) is 10.4 Å². The third kappa shape index (κ3) is 4.35. The Labute approximate surface area is 93.6 Å². The van der Waals surface area contributed by atoms with E-state index in [0.717, 1.165) is 10.5 Å². The SMILES string of the molecule is Sc1ccc(/C=N/OC/C=C/Cl)cc1. The number of hydrogen-bond donors (Lipinski definition) is 1. The zero-order chi connectivity index (χ0) is 10.2. The second-order valence-electron chi connectivity index (χ2n) is 2.48. The first-order chi connectivity index (χ1) is 6.83. The fraction of sp³-hybridized carbons (Fsp3) is 0.100. The van der Waals surface area contributed by atoms with E-state index >= 15 is 0 Å². The molecular formula is C10H10ClNOS. The molecule has 0 fully saturated rings. The molecule has 0 saturated heterocycles. The van der Waals surface area contributed by atoms with Crippen LogP contribution in [0, 0.1) is 0 Å². The molecule has 0 bridgehead atoms. The number of hydrogen-bond acceptors (Lipinski definition) is 3. The van der Waals surface area contributed by atoms with Gasteiger partial charge in [-0.1, -0.05) is 28.9 Å². The van der Waals surface area contributed by atoms with E-state index in [9.17, 15) is 0 Å². The number of thiol groups is 1. The third-order valence-electron chi connectivity index (χ3n) is 1.43. The molecule has 1 aromatic carbocycles. The average Bonchev–Trinajstić information content (AvgIpc) is 2.21. The summed E-state index contributed by atoms with van der Waals surface area (Å²) in [6, 6.07) is 7.60. The van der Waals surface area contributed by atoms with Crippen LogP contribution in [0.2, 0.25) is 0 Å². The number of oxime groups is 1. The van der Waals surface area contributed by atoms with E-state index in [0.29, 0.717) is 6.61 Å². The van der Waals surface area contributed by atoms with Gasteiger partial charge in [-0.05, 0) is 23.8 Å². The molecule has 0 radical (unpaired) electrons. The fourth-order valence-corrected chi connectivity index (χ4v) is 1.00. The molecule has 0 aliphatic heterocycles. The minimum atomic E-state index is 0.380. The number of halogens is 1. The molecule has 0 N–H and O–H groups in total. The van der Waals surface area contributed by atoms with Crippen LogP contribution in [0.4, 0.5) is 0 Å². The average molecular weight is 228 g/mol. The van der Waals surface area contributed by atoms with Crippen molar-refractivity contribution >= 4 is 30.4 Å². The van der Waals surface area contributed by atoms with Crippen molar-refractivity contribution < 1.29 is 4.84 Å². The first kappa shape index (κ1) is 11.1. The van der Waals surface area contributed by atoms with Crippen molar-refractivity contribution in [1.82, 2.24) is 0 Å². The normalized spacial score (nSPS) is 11.3. The molecule has 2 nitrogen and oxygen atoms in total. The lowest BCUT2D eigenvalue weighted by molar-refractivity contribution is 0.176. The standard InChI is InChI=1S/C10H10ClNOS/c11-6-1-7-13-12-8-9-2-4-10(14)5-3-9/h1-6,8,14H,7H2/b6-1+,12-8+. The first-order valence-corrected chi connectivity index (χ1v) is 4.91. The summed E-state index contributed by atoms with van der Waals surface area (Å²) in [6.07, 6.45) is 3.30. The van der Waals surface area contributed by atoms with Gasteiger partial charge in [0.15, 0.2) is 0 Å². The van der Waals surface area contributed by atoms with Crippen molar-refractivity contribution in [2.24, 2.45) is 5.16 Å². The maximum absolute atomic E-state index is 5.29. The van der Waals surface area contributed by atoms with Crippen LogP contribution in [0.15, 0.2) is 45.9 Å². The molecule has 1 aromatic rings. The molecule has 0 unspecified atom stereocenters. The van der Waals surface area contributed by atoms with Crippen molar-refractivity contribution in [2.45, 2.75) is 4.90 Å². The van der Waals surface area contributed by atoms with Gasteiger partial charge < -0.3 is 4.84 Å². The molecule has 0 amide bonds. The van der Waals surface area contributed by atoms with Crippen LogP contribution >= 0.6 is 24.2 Å². The van der Waals surface area contributed by atoms with Gasteiger partial charge in [0.2, 0.25) is 0 Å². The first-order valence-electron chi connectivity index (χ1n) is 4.02. The molecular weight excluding hydrogens is 218 g/mol. The molecule has 74 valence electrons. The topological polar surface area (TPSA) is 21.6 Å². The molecule has 0 spiro atoms. The zero-order valence-corrected chi connectivity index (χ0v) is 9.08. The summed E-state index contributed by atoms with van der Waals surface area (Å²) in [5.74, 6) is 0. The van der Waals surface area contributed by atoms with Crippen molar-refractivity contribution in [1.29, 1.82) is 0 Å². The Kier molecular flexibility index (Phi) is 5.19. The van der Waals surface area contributed by atoms with E-state index in [-0.39, 0.29) is 0 Å². The summed E-state index contributed by atoms with van der Waals surface area (Å²) in [5, 5.41) is 3.75. The largest absolute Gasteiger partial charge is 0.392 e. The second-order valence-corrected chi connectivity index (χ2v) is 3.25. The van der Waals surface area contributed by atoms with Gasteiger partial charge >= 0.3 is 0 Å². The number of nitrogens with zero attached hydrogens (tertiary/aromatic N) is 1. The van der Waals surface area contributed by atoms with Crippen LogP contribution in [0.5, 0.6) is 0 Å². The molecule has 0 aromatic heterocycles. The van der Waals surface area contributed by atoms with Crippen molar-refractivity contribution in [2.75, 3.05) is 6.61 Å². The summed E-state index contributed by atoms with van der Waals surface area (Å²) in [5.41, 5.74) is 2.36. The highest BCUT2D eigenvalue weighted by Crippen LogP contribution is 2.05. The Morgan fingerprint density at radius 2 is 2.07 bits per heavy atom. The molecule has 14 heavy (non-hydrogen) atoms. The van der Waals surface area contributed by atoms with Gasteiger partial charge in [-0.25, -0.2) is 0 Å². The van der Waals surface area contributed by atoms with Gasteiger partial charge in [0.25, 0.3) is 0 Å². The second kappa shape index (κ2) is 6.51. The highest BCUT2D eigenvalue weighted by atomic mass is 35.5. The Hall–Kier alpha value is -0.930. The Balaban J connectivity index is 2.40. The molecule has 0 aliphatic rings. The molecule has 4 heteroatoms. The molecule has 1 rings (SSSR count). The molecule has 0 saturated carbocycles. The molecule has 0 aliphatic carbocycles. The van der Waals surface area contributed by atoms with Gasteiger partial charge in [0.1, 0.15) is 6.61 Å². The van der Waals surface area contributed by atoms with E-state index in [4.69, 9.17) is 16.4 Å². The van der Waals surface area contributed by atoms with Crippen LogP contribution in [0.3, 0.4) is 0 Å². The van der Waals surface area contributed by atoms with Crippen molar-refractivity contribution in [3.63, 3.8) is 0 Å². The highest BCUT2D eigenvalue weighted by Gasteiger charge is 1.86. The third-order valence-corrected chi connectivity index (χ3v) is 1.91. The van der Waals surface area contributed by atoms with E-state index in [1.807, 2.05) is 24.3 Å². The van der Waals surface area contributed by atoms with Crippen LogP contribution in [0.1, 0.15) is 5.56 Å². The summed E-state index contributed by atoms with van der Waals surface area (Å²) in [7, 11) is 0. The smallest absolute Gasteiger partial charge is 0.136 e. The van der Waals surface area contributed by atoms with Crippen LogP contribution in [-0.4, -0.2) is 12.8 Å². The summed E-state index contributed by atoms with van der Waals surface area (Å²) < 4.78 is 0. The van der Waals surface area contributed by atoms with Gasteiger partial charge in [-0.15, -0.1) is 12.6 Å². The predicted molar refractivity (Wildman–Crippen MR) is 62.2 cm³/mol. The van der Waals surface area contributed by atoms with E-state index in [1.54, 1.807) is 12.3 Å². The summed E-state index contributed by atoms with van der Waals surface area (Å²) in [6.45, 7) is 0.380. The minimum absolute atomic E-state index is 0.380. The Bertz CT molecular complexity index is 321. The van der Waals surface area contributed by atoms with Crippen molar-refractivity contribution in [3.05, 3.63) is 41.4 Å². The van der Waals surface area contributed by atoms with Gasteiger partial charge in [-0.3, -0.25) is 0 Å². The zero-order valence-electron chi connectivity index (χ0n) is 7.43. The Morgan fingerprint density at radius 1 is 1.36 bits per heavy atom. The lowest BCUT2D eigenvalue weighted by atomic mass is 10.2. The van der Waals surface area contributed by atoms with Crippen LogP contribution < -0.4 is 0 Å². The lowest BCUT2D eigenvalue weighted by Gasteiger charge is -1.94. The summed E-state index contributed by atoms with van der Waals surface area (Å²) >= 11 is 9.46. The van der Waals surface area contributed by atoms with E-state index in [1.165, 1.54) is 5.54 Å². The maximum atomic E-state index is 5.29. The highest BCUT2D eigenvalue weighted by molar-refractivity contribution is 7.80. The predicted octanol–water partition coefficient (Wildman–Crippen LogP) is 3.08. The quantitative estimate of drug-likeness (QED) is 0.363. The monoisotopic (exact) mass is 227 g/mol. The van der Waals surface area contributed by atoms with Crippen LogP contribution in [0.25, 0.3) is 0 Å². The molecule has 0 heterocycles. The number of rotatable bonds is 4.